The second-order valence-corrected chi connectivity index (χ2v) is 4.41. The third-order valence-corrected chi connectivity index (χ3v) is 2.91. The lowest BCUT2D eigenvalue weighted by atomic mass is 10.0. The fourth-order valence-electron chi connectivity index (χ4n) is 2.03. The van der Waals surface area contributed by atoms with Crippen molar-refractivity contribution in [2.75, 3.05) is 6.54 Å². The SMILES string of the molecule is CCNC(c1cc(C)ccn1)c1ccc(F)cc1F. The molecule has 0 radical (unpaired) electrons. The number of hydrogen-bond acceptors (Lipinski definition) is 2. The number of nitrogens with one attached hydrogen (secondary N) is 1. The van der Waals surface area contributed by atoms with E-state index in [-0.39, 0.29) is 6.04 Å². The lowest BCUT2D eigenvalue weighted by molar-refractivity contribution is 0.536. The van der Waals surface area contributed by atoms with E-state index in [0.29, 0.717) is 12.1 Å². The summed E-state index contributed by atoms with van der Waals surface area (Å²) in [6, 6.07) is 7.03. The smallest absolute Gasteiger partial charge is 0.131 e. The fourth-order valence-corrected chi connectivity index (χ4v) is 2.03. The molecule has 0 aliphatic rings. The molecule has 4 heteroatoms. The third kappa shape index (κ3) is 3.15. The van der Waals surface area contributed by atoms with Gasteiger partial charge in [0.15, 0.2) is 0 Å². The summed E-state index contributed by atoms with van der Waals surface area (Å²) < 4.78 is 26.9. The van der Waals surface area contributed by atoms with Gasteiger partial charge in [-0.05, 0) is 37.2 Å². The Morgan fingerprint density at radius 2 is 2.00 bits per heavy atom. The lowest BCUT2D eigenvalue weighted by Crippen LogP contribution is -2.24. The van der Waals surface area contributed by atoms with Gasteiger partial charge < -0.3 is 5.32 Å². The summed E-state index contributed by atoms with van der Waals surface area (Å²) in [5, 5.41) is 3.18. The molecule has 1 N–H and O–H groups in total. The monoisotopic (exact) mass is 262 g/mol. The van der Waals surface area contributed by atoms with Crippen LogP contribution in [0, 0.1) is 18.6 Å². The predicted octanol–water partition coefficient (Wildman–Crippen LogP) is 3.37. The number of halogens is 2. The summed E-state index contributed by atoms with van der Waals surface area (Å²) in [5.41, 5.74) is 2.18. The zero-order valence-corrected chi connectivity index (χ0v) is 11.0. The summed E-state index contributed by atoms with van der Waals surface area (Å²) in [6.45, 7) is 4.55. The van der Waals surface area contributed by atoms with Crippen LogP contribution in [0.1, 0.15) is 29.8 Å². The van der Waals surface area contributed by atoms with Crippen LogP contribution in [0.4, 0.5) is 8.78 Å². The van der Waals surface area contributed by atoms with Gasteiger partial charge in [0.1, 0.15) is 11.6 Å². The van der Waals surface area contributed by atoms with E-state index >= 15 is 0 Å². The standard InChI is InChI=1S/C15H16F2N2/c1-3-18-15(14-8-10(2)6-7-19-14)12-5-4-11(16)9-13(12)17/h4-9,15,18H,3H2,1-2H3. The van der Waals surface area contributed by atoms with Crippen LogP contribution < -0.4 is 5.32 Å². The van der Waals surface area contributed by atoms with Crippen LogP contribution in [0.3, 0.4) is 0 Å². The molecule has 2 nitrogen and oxygen atoms in total. The Morgan fingerprint density at radius 1 is 1.21 bits per heavy atom. The molecule has 0 amide bonds. The first-order valence-corrected chi connectivity index (χ1v) is 6.22. The second kappa shape index (κ2) is 5.89. The number of hydrogen-bond donors (Lipinski definition) is 1. The molecule has 19 heavy (non-hydrogen) atoms. The van der Waals surface area contributed by atoms with Crippen molar-refractivity contribution in [2.24, 2.45) is 0 Å². The fraction of sp³-hybridized carbons (Fsp3) is 0.267. The number of benzene rings is 1. The zero-order chi connectivity index (χ0) is 13.8. The quantitative estimate of drug-likeness (QED) is 0.913. The highest BCUT2D eigenvalue weighted by Crippen LogP contribution is 2.24. The summed E-state index contributed by atoms with van der Waals surface area (Å²) in [7, 11) is 0. The van der Waals surface area contributed by atoms with Crippen molar-refractivity contribution >= 4 is 0 Å². The Morgan fingerprint density at radius 3 is 2.63 bits per heavy atom. The molecular formula is C15H16F2N2. The van der Waals surface area contributed by atoms with Crippen LogP contribution in [0.2, 0.25) is 0 Å². The largest absolute Gasteiger partial charge is 0.305 e. The molecule has 1 unspecified atom stereocenters. The van der Waals surface area contributed by atoms with Crippen molar-refractivity contribution < 1.29 is 8.78 Å². The van der Waals surface area contributed by atoms with Gasteiger partial charge in [0, 0.05) is 17.8 Å². The van der Waals surface area contributed by atoms with E-state index in [2.05, 4.69) is 10.3 Å². The molecule has 0 aliphatic heterocycles. The van der Waals surface area contributed by atoms with Gasteiger partial charge in [-0.1, -0.05) is 13.0 Å². The normalized spacial score (nSPS) is 12.4. The van der Waals surface area contributed by atoms with Crippen molar-refractivity contribution in [3.8, 4) is 0 Å². The zero-order valence-electron chi connectivity index (χ0n) is 11.0. The minimum atomic E-state index is -0.575. The Kier molecular flexibility index (Phi) is 4.22. The van der Waals surface area contributed by atoms with E-state index in [1.807, 2.05) is 26.0 Å². The molecular weight excluding hydrogens is 246 g/mol. The predicted molar refractivity (Wildman–Crippen MR) is 70.9 cm³/mol. The molecule has 1 aromatic heterocycles. The van der Waals surface area contributed by atoms with E-state index in [4.69, 9.17) is 0 Å². The number of rotatable bonds is 4. The first kappa shape index (κ1) is 13.6. The van der Waals surface area contributed by atoms with Crippen LogP contribution in [0.5, 0.6) is 0 Å². The van der Waals surface area contributed by atoms with Crippen molar-refractivity contribution in [1.82, 2.24) is 10.3 Å². The highest BCUT2D eigenvalue weighted by molar-refractivity contribution is 5.31. The summed E-state index contributed by atoms with van der Waals surface area (Å²) in [5.74, 6) is -1.14. The van der Waals surface area contributed by atoms with E-state index in [1.165, 1.54) is 12.1 Å². The van der Waals surface area contributed by atoms with Gasteiger partial charge in [-0.2, -0.15) is 0 Å². The van der Waals surface area contributed by atoms with Gasteiger partial charge in [0.25, 0.3) is 0 Å². The molecule has 0 aliphatic carbocycles. The van der Waals surface area contributed by atoms with Crippen LogP contribution in [0.25, 0.3) is 0 Å². The number of aromatic nitrogens is 1. The maximum Gasteiger partial charge on any atom is 0.131 e. The molecule has 1 atom stereocenters. The molecule has 100 valence electrons. The van der Waals surface area contributed by atoms with Crippen molar-refractivity contribution in [3.05, 3.63) is 65.0 Å². The van der Waals surface area contributed by atoms with E-state index < -0.39 is 11.6 Å². The molecule has 0 fully saturated rings. The van der Waals surface area contributed by atoms with Crippen LogP contribution in [0.15, 0.2) is 36.5 Å². The minimum Gasteiger partial charge on any atom is -0.305 e. The molecule has 0 saturated heterocycles. The average Bonchev–Trinajstić information content (AvgIpc) is 2.37. The Hall–Kier alpha value is -1.81. The summed E-state index contributed by atoms with van der Waals surface area (Å²) >= 11 is 0. The molecule has 0 bridgehead atoms. The maximum atomic E-state index is 13.9. The van der Waals surface area contributed by atoms with Crippen LogP contribution in [-0.2, 0) is 0 Å². The van der Waals surface area contributed by atoms with Crippen molar-refractivity contribution in [1.29, 1.82) is 0 Å². The average molecular weight is 262 g/mol. The number of aryl methyl sites for hydroxylation is 1. The highest BCUT2D eigenvalue weighted by Gasteiger charge is 2.18. The van der Waals surface area contributed by atoms with Crippen molar-refractivity contribution in [3.63, 3.8) is 0 Å². The third-order valence-electron chi connectivity index (χ3n) is 2.91. The molecule has 2 aromatic rings. The van der Waals surface area contributed by atoms with Crippen molar-refractivity contribution in [2.45, 2.75) is 19.9 Å². The number of nitrogens with zero attached hydrogens (tertiary/aromatic N) is 1. The van der Waals surface area contributed by atoms with E-state index in [1.54, 1.807) is 6.20 Å². The minimum absolute atomic E-state index is 0.370. The topological polar surface area (TPSA) is 24.9 Å². The maximum absolute atomic E-state index is 13.9. The molecule has 1 heterocycles. The van der Waals surface area contributed by atoms with Gasteiger partial charge in [0.2, 0.25) is 0 Å². The Balaban J connectivity index is 2.45. The van der Waals surface area contributed by atoms with Gasteiger partial charge in [0.05, 0.1) is 11.7 Å². The molecule has 0 saturated carbocycles. The highest BCUT2D eigenvalue weighted by atomic mass is 19.1. The lowest BCUT2D eigenvalue weighted by Gasteiger charge is -2.19. The first-order valence-electron chi connectivity index (χ1n) is 6.22. The molecule has 1 aromatic carbocycles. The number of pyridine rings is 1. The van der Waals surface area contributed by atoms with Crippen LogP contribution in [-0.4, -0.2) is 11.5 Å². The van der Waals surface area contributed by atoms with E-state index in [9.17, 15) is 8.78 Å². The Bertz CT molecular complexity index is 570. The van der Waals surface area contributed by atoms with Gasteiger partial charge in [-0.25, -0.2) is 8.78 Å². The van der Waals surface area contributed by atoms with Gasteiger partial charge in [-0.15, -0.1) is 0 Å². The van der Waals surface area contributed by atoms with Gasteiger partial charge >= 0.3 is 0 Å². The second-order valence-electron chi connectivity index (χ2n) is 4.41. The summed E-state index contributed by atoms with van der Waals surface area (Å²) in [6.07, 6.45) is 1.69. The van der Waals surface area contributed by atoms with Crippen LogP contribution >= 0.6 is 0 Å². The Labute approximate surface area is 111 Å². The molecule has 2 rings (SSSR count). The molecule has 0 spiro atoms. The summed E-state index contributed by atoms with van der Waals surface area (Å²) in [4.78, 5) is 4.28. The van der Waals surface area contributed by atoms with E-state index in [0.717, 1.165) is 17.3 Å². The first-order chi connectivity index (χ1) is 9.11. The van der Waals surface area contributed by atoms with Gasteiger partial charge in [-0.3, -0.25) is 4.98 Å².